The van der Waals surface area contributed by atoms with Gasteiger partial charge in [-0.3, -0.25) is 5.10 Å². The Labute approximate surface area is 105 Å². The lowest BCUT2D eigenvalue weighted by atomic mass is 10.1. The quantitative estimate of drug-likeness (QED) is 0.810. The Morgan fingerprint density at radius 1 is 1.44 bits per heavy atom. The van der Waals surface area contributed by atoms with Crippen LogP contribution < -0.4 is 5.32 Å². The standard InChI is InChI=1S/C13H15N3O2/c1-9-3-4-12(11(7-9)13(17)18-2)14-8-10-5-6-15-16-10/h3-7,14H,8H2,1-2H3,(H,15,16). The van der Waals surface area contributed by atoms with Crippen molar-refractivity contribution in [3.63, 3.8) is 0 Å². The van der Waals surface area contributed by atoms with E-state index in [1.807, 2.05) is 25.1 Å². The van der Waals surface area contributed by atoms with Crippen molar-refractivity contribution in [1.29, 1.82) is 0 Å². The summed E-state index contributed by atoms with van der Waals surface area (Å²) >= 11 is 0. The molecule has 0 atom stereocenters. The highest BCUT2D eigenvalue weighted by atomic mass is 16.5. The van der Waals surface area contributed by atoms with Gasteiger partial charge in [0.1, 0.15) is 0 Å². The highest BCUT2D eigenvalue weighted by molar-refractivity contribution is 5.95. The normalized spacial score (nSPS) is 10.1. The van der Waals surface area contributed by atoms with E-state index in [1.54, 1.807) is 12.3 Å². The molecule has 2 rings (SSSR count). The number of carbonyl (C=O) groups excluding carboxylic acids is 1. The van der Waals surface area contributed by atoms with E-state index in [-0.39, 0.29) is 5.97 Å². The van der Waals surface area contributed by atoms with Gasteiger partial charge in [0.25, 0.3) is 0 Å². The molecule has 0 saturated heterocycles. The van der Waals surface area contributed by atoms with Crippen LogP contribution in [0.5, 0.6) is 0 Å². The molecule has 5 nitrogen and oxygen atoms in total. The summed E-state index contributed by atoms with van der Waals surface area (Å²) in [5.74, 6) is -0.342. The monoisotopic (exact) mass is 245 g/mol. The van der Waals surface area contributed by atoms with Gasteiger partial charge in [-0.05, 0) is 25.1 Å². The SMILES string of the molecule is COC(=O)c1cc(C)ccc1NCc1ccn[nH]1. The first-order valence-electron chi connectivity index (χ1n) is 5.62. The van der Waals surface area contributed by atoms with Crippen LogP contribution in [-0.4, -0.2) is 23.3 Å². The minimum atomic E-state index is -0.342. The summed E-state index contributed by atoms with van der Waals surface area (Å²) in [6, 6.07) is 7.50. The second-order valence-electron chi connectivity index (χ2n) is 3.98. The molecule has 0 saturated carbocycles. The number of hydrogen-bond donors (Lipinski definition) is 2. The van der Waals surface area contributed by atoms with E-state index in [0.29, 0.717) is 12.1 Å². The average molecular weight is 245 g/mol. The van der Waals surface area contributed by atoms with Crippen LogP contribution in [0.15, 0.2) is 30.5 Å². The van der Waals surface area contributed by atoms with E-state index in [0.717, 1.165) is 16.9 Å². The number of nitrogens with one attached hydrogen (secondary N) is 2. The van der Waals surface area contributed by atoms with Gasteiger partial charge in [-0.1, -0.05) is 11.6 Å². The number of H-pyrrole nitrogens is 1. The van der Waals surface area contributed by atoms with Crippen LogP contribution in [0, 0.1) is 6.92 Å². The molecule has 0 aliphatic carbocycles. The van der Waals surface area contributed by atoms with Crippen molar-refractivity contribution in [2.24, 2.45) is 0 Å². The number of rotatable bonds is 4. The minimum absolute atomic E-state index is 0.342. The molecule has 0 aliphatic rings. The third-order valence-corrected chi connectivity index (χ3v) is 2.61. The maximum atomic E-state index is 11.7. The zero-order valence-electron chi connectivity index (χ0n) is 10.4. The average Bonchev–Trinajstić information content (AvgIpc) is 2.89. The van der Waals surface area contributed by atoms with Crippen molar-refractivity contribution < 1.29 is 9.53 Å². The Morgan fingerprint density at radius 2 is 2.28 bits per heavy atom. The lowest BCUT2D eigenvalue weighted by Crippen LogP contribution is -2.08. The maximum absolute atomic E-state index is 11.7. The second-order valence-corrected chi connectivity index (χ2v) is 3.98. The molecule has 1 heterocycles. The summed E-state index contributed by atoms with van der Waals surface area (Å²) in [5, 5.41) is 9.90. The van der Waals surface area contributed by atoms with Crippen LogP contribution in [0.25, 0.3) is 0 Å². The number of hydrogen-bond acceptors (Lipinski definition) is 4. The topological polar surface area (TPSA) is 67.0 Å². The number of benzene rings is 1. The Bertz CT molecular complexity index is 535. The molecule has 0 fully saturated rings. The number of carbonyl (C=O) groups is 1. The van der Waals surface area contributed by atoms with Crippen LogP contribution in [0.4, 0.5) is 5.69 Å². The fourth-order valence-corrected chi connectivity index (χ4v) is 1.66. The third kappa shape index (κ3) is 2.68. The van der Waals surface area contributed by atoms with E-state index in [1.165, 1.54) is 7.11 Å². The number of ether oxygens (including phenoxy) is 1. The van der Waals surface area contributed by atoms with Crippen molar-refractivity contribution in [1.82, 2.24) is 10.2 Å². The summed E-state index contributed by atoms with van der Waals surface area (Å²) in [7, 11) is 1.38. The number of nitrogens with zero attached hydrogens (tertiary/aromatic N) is 1. The highest BCUT2D eigenvalue weighted by Crippen LogP contribution is 2.19. The second kappa shape index (κ2) is 5.35. The van der Waals surface area contributed by atoms with Crippen molar-refractivity contribution in [3.8, 4) is 0 Å². The molecule has 2 N–H and O–H groups in total. The Kier molecular flexibility index (Phi) is 3.62. The van der Waals surface area contributed by atoms with Gasteiger partial charge in [0.05, 0.1) is 24.9 Å². The fraction of sp³-hybridized carbons (Fsp3) is 0.231. The van der Waals surface area contributed by atoms with E-state index in [4.69, 9.17) is 4.74 Å². The van der Waals surface area contributed by atoms with Crippen molar-refractivity contribution in [2.75, 3.05) is 12.4 Å². The summed E-state index contributed by atoms with van der Waals surface area (Å²) in [4.78, 5) is 11.7. The first-order valence-corrected chi connectivity index (χ1v) is 5.62. The van der Waals surface area contributed by atoms with Gasteiger partial charge in [-0.15, -0.1) is 0 Å². The van der Waals surface area contributed by atoms with Gasteiger partial charge in [0, 0.05) is 11.9 Å². The molecule has 0 bridgehead atoms. The first-order chi connectivity index (χ1) is 8.70. The molecule has 94 valence electrons. The molecule has 0 unspecified atom stereocenters. The first kappa shape index (κ1) is 12.2. The molecule has 0 amide bonds. The number of methoxy groups -OCH3 is 1. The Hall–Kier alpha value is -2.30. The summed E-state index contributed by atoms with van der Waals surface area (Å²) in [5.41, 5.74) is 3.26. The number of anilines is 1. The van der Waals surface area contributed by atoms with Crippen LogP contribution >= 0.6 is 0 Å². The molecule has 0 aliphatic heterocycles. The lowest BCUT2D eigenvalue weighted by molar-refractivity contribution is 0.0601. The van der Waals surface area contributed by atoms with Gasteiger partial charge < -0.3 is 10.1 Å². The largest absolute Gasteiger partial charge is 0.465 e. The molecule has 0 spiro atoms. The molecule has 2 aromatic rings. The minimum Gasteiger partial charge on any atom is -0.465 e. The van der Waals surface area contributed by atoms with Crippen LogP contribution in [0.3, 0.4) is 0 Å². The van der Waals surface area contributed by atoms with E-state index in [2.05, 4.69) is 15.5 Å². The molecule has 5 heteroatoms. The van der Waals surface area contributed by atoms with Gasteiger partial charge in [-0.2, -0.15) is 5.10 Å². The van der Waals surface area contributed by atoms with Gasteiger partial charge >= 0.3 is 5.97 Å². The zero-order valence-corrected chi connectivity index (χ0v) is 10.4. The summed E-state index contributed by atoms with van der Waals surface area (Å²) < 4.78 is 4.77. The molecule has 1 aromatic heterocycles. The predicted molar refractivity (Wildman–Crippen MR) is 68.4 cm³/mol. The smallest absolute Gasteiger partial charge is 0.339 e. The van der Waals surface area contributed by atoms with Gasteiger partial charge in [0.2, 0.25) is 0 Å². The molecule has 1 aromatic carbocycles. The molecule has 0 radical (unpaired) electrons. The zero-order chi connectivity index (χ0) is 13.0. The highest BCUT2D eigenvalue weighted by Gasteiger charge is 2.11. The van der Waals surface area contributed by atoms with Crippen molar-refractivity contribution >= 4 is 11.7 Å². The molecule has 18 heavy (non-hydrogen) atoms. The summed E-state index contributed by atoms with van der Waals surface area (Å²) in [6.45, 7) is 2.51. The fourth-order valence-electron chi connectivity index (χ4n) is 1.66. The lowest BCUT2D eigenvalue weighted by Gasteiger charge is -2.10. The van der Waals surface area contributed by atoms with Crippen LogP contribution in [-0.2, 0) is 11.3 Å². The Balaban J connectivity index is 2.18. The molecular weight excluding hydrogens is 230 g/mol. The van der Waals surface area contributed by atoms with Crippen LogP contribution in [0.2, 0.25) is 0 Å². The number of aromatic nitrogens is 2. The Morgan fingerprint density at radius 3 is 2.94 bits per heavy atom. The third-order valence-electron chi connectivity index (χ3n) is 2.61. The number of esters is 1. The molecular formula is C13H15N3O2. The van der Waals surface area contributed by atoms with E-state index < -0.39 is 0 Å². The van der Waals surface area contributed by atoms with E-state index in [9.17, 15) is 4.79 Å². The van der Waals surface area contributed by atoms with Crippen LogP contribution in [0.1, 0.15) is 21.6 Å². The van der Waals surface area contributed by atoms with Gasteiger partial charge in [0.15, 0.2) is 0 Å². The van der Waals surface area contributed by atoms with Crippen molar-refractivity contribution in [2.45, 2.75) is 13.5 Å². The number of aromatic amines is 1. The maximum Gasteiger partial charge on any atom is 0.339 e. The van der Waals surface area contributed by atoms with Gasteiger partial charge in [-0.25, -0.2) is 4.79 Å². The number of aryl methyl sites for hydroxylation is 1. The van der Waals surface area contributed by atoms with Crippen molar-refractivity contribution in [3.05, 3.63) is 47.3 Å². The summed E-state index contributed by atoms with van der Waals surface area (Å²) in [6.07, 6.45) is 1.69. The van der Waals surface area contributed by atoms with E-state index >= 15 is 0 Å². The predicted octanol–water partition coefficient (Wildman–Crippen LogP) is 2.12.